The Balaban J connectivity index is 1.93. The average molecular weight is 509 g/mol. The molecule has 1 aliphatic heterocycles. The number of thioether (sulfide) groups is 1. The van der Waals surface area contributed by atoms with Crippen LogP contribution in [0.1, 0.15) is 37.9 Å². The van der Waals surface area contributed by atoms with E-state index in [0.717, 1.165) is 10.5 Å². The molecule has 4 rings (SSSR count). The number of esters is 2. The van der Waals surface area contributed by atoms with Crippen LogP contribution in [0.25, 0.3) is 6.08 Å². The summed E-state index contributed by atoms with van der Waals surface area (Å²) in [6.45, 7) is 5.03. The summed E-state index contributed by atoms with van der Waals surface area (Å²) in [6, 6.07) is 14.1. The van der Waals surface area contributed by atoms with Gasteiger partial charge in [0.15, 0.2) is 4.80 Å². The second-order valence-corrected chi connectivity index (χ2v) is 9.60. The van der Waals surface area contributed by atoms with Crippen molar-refractivity contribution >= 4 is 41.1 Å². The maximum absolute atomic E-state index is 13.7. The number of aromatic nitrogens is 1. The fourth-order valence-corrected chi connectivity index (χ4v) is 5.33. The monoisotopic (exact) mass is 508 g/mol. The van der Waals surface area contributed by atoms with Crippen molar-refractivity contribution in [2.24, 2.45) is 4.99 Å². The maximum atomic E-state index is 13.7. The van der Waals surface area contributed by atoms with Crippen LogP contribution in [0, 0.1) is 0 Å². The molecule has 7 nitrogen and oxygen atoms in total. The Kier molecular flexibility index (Phi) is 7.37. The molecule has 35 heavy (non-hydrogen) atoms. The minimum absolute atomic E-state index is 0.213. The molecule has 0 saturated heterocycles. The van der Waals surface area contributed by atoms with Crippen molar-refractivity contribution in [3.8, 4) is 5.75 Å². The average Bonchev–Trinajstić information content (AvgIpc) is 3.13. The highest BCUT2D eigenvalue weighted by Crippen LogP contribution is 2.31. The second kappa shape index (κ2) is 10.5. The first kappa shape index (κ1) is 24.7. The number of rotatable bonds is 6. The van der Waals surface area contributed by atoms with E-state index in [-0.39, 0.29) is 12.2 Å². The summed E-state index contributed by atoms with van der Waals surface area (Å²) in [5, 5.41) is 0. The quantitative estimate of drug-likeness (QED) is 0.288. The summed E-state index contributed by atoms with van der Waals surface area (Å²) in [6.07, 6.45) is 3.67. The predicted octanol–water partition coefficient (Wildman–Crippen LogP) is 3.45. The number of fused-ring (bicyclic) bond motifs is 1. The zero-order valence-corrected chi connectivity index (χ0v) is 21.4. The Bertz CT molecular complexity index is 1500. The van der Waals surface area contributed by atoms with Gasteiger partial charge in [-0.3, -0.25) is 14.2 Å². The number of hydrogen-bond donors (Lipinski definition) is 0. The van der Waals surface area contributed by atoms with Crippen molar-refractivity contribution in [1.82, 2.24) is 4.57 Å². The Morgan fingerprint density at radius 3 is 2.54 bits per heavy atom. The smallest absolute Gasteiger partial charge is 0.338 e. The number of carbonyl (C=O) groups excluding carboxylic acids is 2. The van der Waals surface area contributed by atoms with Crippen LogP contribution in [0.2, 0.25) is 0 Å². The molecule has 0 fully saturated rings. The van der Waals surface area contributed by atoms with Crippen LogP contribution in [0.15, 0.2) is 74.5 Å². The Morgan fingerprint density at radius 2 is 1.89 bits per heavy atom. The molecule has 1 atom stereocenters. The van der Waals surface area contributed by atoms with Crippen LogP contribution >= 0.6 is 23.1 Å². The molecule has 0 spiro atoms. The van der Waals surface area contributed by atoms with Crippen molar-refractivity contribution in [2.75, 3.05) is 12.9 Å². The molecule has 0 radical (unpaired) electrons. The van der Waals surface area contributed by atoms with Gasteiger partial charge in [0.05, 0.1) is 28.5 Å². The first-order valence-corrected chi connectivity index (χ1v) is 13.0. The summed E-state index contributed by atoms with van der Waals surface area (Å²) >= 11 is 2.83. The standard InChI is InChI=1S/C26H24N2O5S2/c1-5-32-25(31)22-15(2)27-26-28(23(22)17-10-12-19(34-4)13-11-17)24(30)21(35-26)14-18-8-6-7-9-20(18)33-16(3)29/h6-14,23H,5H2,1-4H3/b21-14-/t23-/m0/s1. The second-order valence-electron chi connectivity index (χ2n) is 7.71. The van der Waals surface area contributed by atoms with Crippen LogP contribution in [0.4, 0.5) is 0 Å². The van der Waals surface area contributed by atoms with Gasteiger partial charge in [0, 0.05) is 17.4 Å². The van der Waals surface area contributed by atoms with Crippen molar-refractivity contribution in [2.45, 2.75) is 31.7 Å². The van der Waals surface area contributed by atoms with E-state index in [9.17, 15) is 14.4 Å². The normalized spacial score (nSPS) is 15.4. The number of allylic oxidation sites excluding steroid dienone is 1. The minimum atomic E-state index is -0.674. The third-order valence-corrected chi connectivity index (χ3v) is 7.13. The Labute approximate surface area is 210 Å². The molecule has 1 aromatic heterocycles. The number of carbonyl (C=O) groups is 2. The largest absolute Gasteiger partial charge is 0.463 e. The SMILES string of the molecule is CCOC(=O)C1=C(C)N=c2s/c(=C\c3ccccc3OC(C)=O)c(=O)n2[C@H]1c1ccc(SC)cc1. The number of para-hydroxylation sites is 1. The van der Waals surface area contributed by atoms with Crippen molar-refractivity contribution < 1.29 is 19.1 Å². The van der Waals surface area contributed by atoms with Gasteiger partial charge >= 0.3 is 11.9 Å². The fourth-order valence-electron chi connectivity index (χ4n) is 3.88. The Morgan fingerprint density at radius 1 is 1.17 bits per heavy atom. The van der Waals surface area contributed by atoms with E-state index in [1.54, 1.807) is 56.0 Å². The van der Waals surface area contributed by atoms with Crippen LogP contribution in [0.5, 0.6) is 5.75 Å². The van der Waals surface area contributed by atoms with Crippen molar-refractivity contribution in [1.29, 1.82) is 0 Å². The molecular weight excluding hydrogens is 484 g/mol. The third kappa shape index (κ3) is 5.01. The lowest BCUT2D eigenvalue weighted by Gasteiger charge is -2.24. The van der Waals surface area contributed by atoms with Gasteiger partial charge in [-0.05, 0) is 49.9 Å². The van der Waals surface area contributed by atoms with Gasteiger partial charge in [-0.25, -0.2) is 9.79 Å². The van der Waals surface area contributed by atoms with Gasteiger partial charge in [0.25, 0.3) is 5.56 Å². The van der Waals surface area contributed by atoms with E-state index in [0.29, 0.717) is 31.9 Å². The summed E-state index contributed by atoms with van der Waals surface area (Å²) in [4.78, 5) is 44.3. The molecule has 0 bridgehead atoms. The molecule has 9 heteroatoms. The number of ether oxygens (including phenoxy) is 2. The number of hydrogen-bond acceptors (Lipinski definition) is 8. The van der Waals surface area contributed by atoms with Crippen LogP contribution < -0.4 is 19.6 Å². The highest BCUT2D eigenvalue weighted by molar-refractivity contribution is 7.98. The van der Waals surface area contributed by atoms with Crippen molar-refractivity contribution in [3.05, 3.63) is 90.6 Å². The topological polar surface area (TPSA) is 87.0 Å². The summed E-state index contributed by atoms with van der Waals surface area (Å²) in [5.74, 6) is -0.587. The van der Waals surface area contributed by atoms with Gasteiger partial charge in [-0.15, -0.1) is 11.8 Å². The fraction of sp³-hybridized carbons (Fsp3) is 0.231. The lowest BCUT2D eigenvalue weighted by atomic mass is 9.96. The molecular formula is C26H24N2O5S2. The zero-order chi connectivity index (χ0) is 25.1. The molecule has 0 aliphatic carbocycles. The third-order valence-electron chi connectivity index (χ3n) is 5.41. The van der Waals surface area contributed by atoms with E-state index >= 15 is 0 Å². The lowest BCUT2D eigenvalue weighted by Crippen LogP contribution is -2.39. The number of benzene rings is 2. The Hall–Kier alpha value is -3.43. The minimum Gasteiger partial charge on any atom is -0.463 e. The van der Waals surface area contributed by atoms with E-state index in [4.69, 9.17) is 9.47 Å². The predicted molar refractivity (Wildman–Crippen MR) is 136 cm³/mol. The maximum Gasteiger partial charge on any atom is 0.338 e. The highest BCUT2D eigenvalue weighted by atomic mass is 32.2. The number of nitrogens with zero attached hydrogens (tertiary/aromatic N) is 2. The summed E-state index contributed by atoms with van der Waals surface area (Å²) in [7, 11) is 0. The van der Waals surface area contributed by atoms with Crippen LogP contribution in [-0.4, -0.2) is 29.4 Å². The van der Waals surface area contributed by atoms with E-state index < -0.39 is 18.0 Å². The molecule has 0 amide bonds. The van der Waals surface area contributed by atoms with Crippen LogP contribution in [0.3, 0.4) is 0 Å². The molecule has 0 saturated carbocycles. The van der Waals surface area contributed by atoms with E-state index in [2.05, 4.69) is 4.99 Å². The molecule has 0 unspecified atom stereocenters. The molecule has 1 aliphatic rings. The summed E-state index contributed by atoms with van der Waals surface area (Å²) in [5.41, 5.74) is 1.93. The molecule has 2 aromatic carbocycles. The van der Waals surface area contributed by atoms with E-state index in [1.165, 1.54) is 22.8 Å². The zero-order valence-electron chi connectivity index (χ0n) is 19.7. The van der Waals surface area contributed by atoms with Gasteiger partial charge in [0.2, 0.25) is 0 Å². The van der Waals surface area contributed by atoms with Crippen molar-refractivity contribution in [3.63, 3.8) is 0 Å². The molecule has 2 heterocycles. The highest BCUT2D eigenvalue weighted by Gasteiger charge is 2.33. The van der Waals surface area contributed by atoms with E-state index in [1.807, 2.05) is 30.5 Å². The lowest BCUT2D eigenvalue weighted by molar-refractivity contribution is -0.139. The molecule has 0 N–H and O–H groups in total. The van der Waals surface area contributed by atoms with Gasteiger partial charge < -0.3 is 9.47 Å². The van der Waals surface area contributed by atoms with Gasteiger partial charge in [0.1, 0.15) is 5.75 Å². The van der Waals surface area contributed by atoms with Gasteiger partial charge in [-0.1, -0.05) is 41.7 Å². The number of thiazole rings is 1. The molecule has 180 valence electrons. The molecule has 3 aromatic rings. The van der Waals surface area contributed by atoms with Gasteiger partial charge in [-0.2, -0.15) is 0 Å². The first-order chi connectivity index (χ1) is 16.8. The summed E-state index contributed by atoms with van der Waals surface area (Å²) < 4.78 is 12.6. The first-order valence-electron chi connectivity index (χ1n) is 10.9. The van der Waals surface area contributed by atoms with Crippen LogP contribution in [-0.2, 0) is 14.3 Å².